The monoisotopic (exact) mass is 364 g/mol. The molecule has 26 heavy (non-hydrogen) atoms. The molecular weight excluding hydrogens is 344 g/mol. The van der Waals surface area contributed by atoms with Crippen LogP contribution in [0.5, 0.6) is 0 Å². The van der Waals surface area contributed by atoms with Crippen molar-refractivity contribution in [3.8, 4) is 11.4 Å². The van der Waals surface area contributed by atoms with Gasteiger partial charge in [0.2, 0.25) is 0 Å². The van der Waals surface area contributed by atoms with E-state index in [9.17, 15) is 9.59 Å². The molecule has 1 aliphatic carbocycles. The molecule has 0 saturated carbocycles. The molecule has 0 N–H and O–H groups in total. The maximum Gasteiger partial charge on any atom is 0.282 e. The summed E-state index contributed by atoms with van der Waals surface area (Å²) in [5.74, 6) is 1.02. The van der Waals surface area contributed by atoms with Crippen molar-refractivity contribution in [2.75, 3.05) is 0 Å². The highest BCUT2D eigenvalue weighted by Crippen LogP contribution is 2.44. The summed E-state index contributed by atoms with van der Waals surface area (Å²) in [7, 11) is 0. The van der Waals surface area contributed by atoms with Crippen molar-refractivity contribution in [1.29, 1.82) is 0 Å². The summed E-state index contributed by atoms with van der Waals surface area (Å²) < 4.78 is 1.66. The number of aryl methyl sites for hydroxylation is 1. The van der Waals surface area contributed by atoms with E-state index in [1.54, 1.807) is 15.9 Å². The minimum atomic E-state index is -0.192. The van der Waals surface area contributed by atoms with Crippen LogP contribution in [0.15, 0.2) is 29.1 Å². The molecule has 132 valence electrons. The van der Waals surface area contributed by atoms with Gasteiger partial charge in [-0.25, -0.2) is 4.57 Å². The highest BCUT2D eigenvalue weighted by Gasteiger charge is 2.35. The fraction of sp³-hybridized carbons (Fsp3) is 0.381. The first-order valence-electron chi connectivity index (χ1n) is 9.07. The first-order chi connectivity index (χ1) is 12.4. The van der Waals surface area contributed by atoms with Gasteiger partial charge in [0.05, 0.1) is 10.9 Å². The van der Waals surface area contributed by atoms with E-state index in [1.165, 1.54) is 4.88 Å². The van der Waals surface area contributed by atoms with Crippen molar-refractivity contribution in [3.63, 3.8) is 0 Å². The Bertz CT molecular complexity index is 1150. The zero-order valence-corrected chi connectivity index (χ0v) is 15.9. The molecular formula is C21H20N2O2S. The van der Waals surface area contributed by atoms with E-state index in [0.717, 1.165) is 35.2 Å². The Hall–Kier alpha value is -2.27. The van der Waals surface area contributed by atoms with Crippen LogP contribution in [0.2, 0.25) is 0 Å². The molecule has 0 spiro atoms. The lowest BCUT2D eigenvalue weighted by molar-refractivity contribution is 0.0973. The Labute approximate surface area is 155 Å². The minimum Gasteiger partial charge on any atom is -0.268 e. The van der Waals surface area contributed by atoms with Crippen LogP contribution < -0.4 is 5.56 Å². The molecule has 0 radical (unpaired) electrons. The van der Waals surface area contributed by atoms with Gasteiger partial charge >= 0.3 is 0 Å². The van der Waals surface area contributed by atoms with E-state index in [0.29, 0.717) is 22.7 Å². The van der Waals surface area contributed by atoms with Crippen LogP contribution in [0.4, 0.5) is 0 Å². The molecule has 2 aromatic heterocycles. The van der Waals surface area contributed by atoms with Crippen LogP contribution in [-0.2, 0) is 12.8 Å². The molecule has 3 aromatic rings. The van der Waals surface area contributed by atoms with Gasteiger partial charge in [0.25, 0.3) is 11.5 Å². The van der Waals surface area contributed by atoms with Crippen molar-refractivity contribution < 1.29 is 4.79 Å². The number of hydrogen-bond acceptors (Lipinski definition) is 4. The molecule has 1 aliphatic heterocycles. The van der Waals surface area contributed by atoms with Crippen molar-refractivity contribution in [3.05, 3.63) is 50.6 Å². The zero-order valence-electron chi connectivity index (χ0n) is 15.1. The van der Waals surface area contributed by atoms with Gasteiger partial charge in [-0.05, 0) is 42.2 Å². The number of hydrogen-bond donors (Lipinski definition) is 0. The summed E-state index contributed by atoms with van der Waals surface area (Å²) in [6, 6.07) is 7.41. The molecule has 4 nitrogen and oxygen atoms in total. The van der Waals surface area contributed by atoms with Crippen molar-refractivity contribution in [2.45, 2.75) is 40.0 Å². The lowest BCUT2D eigenvalue weighted by atomic mass is 9.72. The summed E-state index contributed by atoms with van der Waals surface area (Å²) in [5.41, 5.74) is 2.57. The molecule has 2 aliphatic rings. The lowest BCUT2D eigenvalue weighted by Gasteiger charge is -2.33. The van der Waals surface area contributed by atoms with E-state index >= 15 is 0 Å². The number of rotatable bonds is 0. The van der Waals surface area contributed by atoms with Crippen molar-refractivity contribution >= 4 is 27.5 Å². The van der Waals surface area contributed by atoms with Crippen LogP contribution in [0.25, 0.3) is 21.6 Å². The topological polar surface area (TPSA) is 52.0 Å². The van der Waals surface area contributed by atoms with Crippen molar-refractivity contribution in [1.82, 2.24) is 9.55 Å². The standard InChI is InChI=1S/C21H20N2O2S/c1-21(2,3)11-8-9-14-15(10-11)26-20-16(14)18(24)22-17-12-6-4-5-7-13(12)19(25)23(17)20/h4-7,11H,8-10H2,1-3H3/t11-/m1/s1. The summed E-state index contributed by atoms with van der Waals surface area (Å²) in [6.45, 7) is 6.84. The first-order valence-corrected chi connectivity index (χ1v) is 9.89. The predicted molar refractivity (Wildman–Crippen MR) is 104 cm³/mol. The molecule has 0 fully saturated rings. The van der Waals surface area contributed by atoms with E-state index in [1.807, 2.05) is 24.3 Å². The highest BCUT2D eigenvalue weighted by molar-refractivity contribution is 7.19. The summed E-state index contributed by atoms with van der Waals surface area (Å²) in [4.78, 5) is 32.2. The molecule has 1 aromatic carbocycles. The summed E-state index contributed by atoms with van der Waals surface area (Å²) in [5, 5.41) is 0.669. The second-order valence-electron chi connectivity index (χ2n) is 8.42. The number of nitrogens with zero attached hydrogens (tertiary/aromatic N) is 2. The second-order valence-corrected chi connectivity index (χ2v) is 9.50. The van der Waals surface area contributed by atoms with E-state index in [2.05, 4.69) is 25.8 Å². The highest BCUT2D eigenvalue weighted by atomic mass is 32.1. The molecule has 0 saturated heterocycles. The first kappa shape index (κ1) is 15.9. The van der Waals surface area contributed by atoms with Crippen molar-refractivity contribution in [2.24, 2.45) is 11.3 Å². The fourth-order valence-corrected chi connectivity index (χ4v) is 5.76. The Balaban J connectivity index is 1.77. The smallest absolute Gasteiger partial charge is 0.268 e. The van der Waals surface area contributed by atoms with Gasteiger partial charge in [0.15, 0.2) is 5.82 Å². The van der Waals surface area contributed by atoms with E-state index in [4.69, 9.17) is 0 Å². The molecule has 3 heterocycles. The Morgan fingerprint density at radius 2 is 1.88 bits per heavy atom. The third-order valence-corrected chi connectivity index (χ3v) is 7.15. The van der Waals surface area contributed by atoms with Crippen LogP contribution in [0, 0.1) is 11.3 Å². The van der Waals surface area contributed by atoms with Crippen LogP contribution in [-0.4, -0.2) is 15.5 Å². The van der Waals surface area contributed by atoms with Crippen LogP contribution in [0.3, 0.4) is 0 Å². The molecule has 0 bridgehead atoms. The third kappa shape index (κ3) is 2.04. The van der Waals surface area contributed by atoms with Gasteiger partial charge in [-0.15, -0.1) is 11.3 Å². The summed E-state index contributed by atoms with van der Waals surface area (Å²) >= 11 is 1.62. The SMILES string of the molecule is CC(C)(C)[C@@H]1CCc2c(sc3c2c(=O)nc2n3C(=O)c3ccccc3-2)C1. The maximum atomic E-state index is 13.0. The average Bonchev–Trinajstić information content (AvgIpc) is 3.11. The summed E-state index contributed by atoms with van der Waals surface area (Å²) in [6.07, 6.45) is 2.96. The number of aromatic nitrogens is 2. The molecule has 0 amide bonds. The number of carbonyl (C=O) groups is 1. The lowest BCUT2D eigenvalue weighted by Crippen LogP contribution is -2.26. The molecule has 1 atom stereocenters. The number of benzene rings is 1. The van der Waals surface area contributed by atoms with Gasteiger partial charge in [-0.2, -0.15) is 4.98 Å². The molecule has 5 rings (SSSR count). The maximum absolute atomic E-state index is 13.0. The van der Waals surface area contributed by atoms with Crippen LogP contribution >= 0.6 is 11.3 Å². The number of fused-ring (bicyclic) bond motifs is 7. The van der Waals surface area contributed by atoms with E-state index < -0.39 is 0 Å². The number of thiophene rings is 1. The van der Waals surface area contributed by atoms with Gasteiger partial charge in [0.1, 0.15) is 4.83 Å². The normalized spacial score (nSPS) is 18.7. The van der Waals surface area contributed by atoms with Gasteiger partial charge in [-0.1, -0.05) is 39.0 Å². The van der Waals surface area contributed by atoms with Crippen LogP contribution in [0.1, 0.15) is 48.0 Å². The third-order valence-electron chi connectivity index (χ3n) is 5.91. The molecule has 0 unspecified atom stereocenters. The quantitative estimate of drug-likeness (QED) is 0.468. The number of carbonyl (C=O) groups excluding carboxylic acids is 1. The Kier molecular flexibility index (Phi) is 3.15. The minimum absolute atomic E-state index is 0.0703. The average molecular weight is 364 g/mol. The predicted octanol–water partition coefficient (Wildman–Crippen LogP) is 4.28. The largest absolute Gasteiger partial charge is 0.282 e. The van der Waals surface area contributed by atoms with Gasteiger partial charge in [-0.3, -0.25) is 9.59 Å². The second kappa shape index (κ2) is 5.13. The van der Waals surface area contributed by atoms with Gasteiger partial charge < -0.3 is 0 Å². The zero-order chi connectivity index (χ0) is 18.2. The van der Waals surface area contributed by atoms with E-state index in [-0.39, 0.29) is 16.9 Å². The Morgan fingerprint density at radius 1 is 1.15 bits per heavy atom. The fourth-order valence-electron chi connectivity index (χ4n) is 4.34. The van der Waals surface area contributed by atoms with Gasteiger partial charge in [0, 0.05) is 10.4 Å². The Morgan fingerprint density at radius 3 is 2.62 bits per heavy atom. The molecule has 5 heteroatoms.